The lowest BCUT2D eigenvalue weighted by molar-refractivity contribution is 1.08. The third-order valence-corrected chi connectivity index (χ3v) is 10.2. The maximum absolute atomic E-state index is 4.96. The molecule has 48 heavy (non-hydrogen) atoms. The number of hydrogen-bond donors (Lipinski definition) is 0. The Hall–Kier alpha value is -6.12. The van der Waals surface area contributed by atoms with E-state index in [1.807, 2.05) is 12.4 Å². The summed E-state index contributed by atoms with van der Waals surface area (Å²) in [5, 5.41) is 15.2. The lowest BCUT2D eigenvalue weighted by Crippen LogP contribution is -2.30. The van der Waals surface area contributed by atoms with Crippen molar-refractivity contribution in [3.05, 3.63) is 168 Å². The van der Waals surface area contributed by atoms with Crippen LogP contribution in [0.5, 0.6) is 0 Å². The molecule has 0 saturated carbocycles. The van der Waals surface area contributed by atoms with E-state index in [0.717, 1.165) is 35.2 Å². The first-order valence-electron chi connectivity index (χ1n) is 16.7. The fourth-order valence-corrected chi connectivity index (χ4v) is 8.06. The molecule has 1 aromatic heterocycles. The van der Waals surface area contributed by atoms with Crippen LogP contribution in [0.4, 0.5) is 0 Å². The number of nitrogens with zero attached hydrogens (tertiary/aromatic N) is 2. The molecule has 1 aliphatic carbocycles. The van der Waals surface area contributed by atoms with Crippen molar-refractivity contribution in [2.24, 2.45) is 0 Å². The summed E-state index contributed by atoms with van der Waals surface area (Å²) in [6.07, 6.45) is 8.48. The number of rotatable bonds is 3. The molecule has 0 aliphatic heterocycles. The Labute approximate surface area is 278 Å². The summed E-state index contributed by atoms with van der Waals surface area (Å²) in [5.41, 5.74) is 6.02. The van der Waals surface area contributed by atoms with Gasteiger partial charge in [-0.1, -0.05) is 133 Å². The molecule has 1 aliphatic rings. The van der Waals surface area contributed by atoms with Gasteiger partial charge in [-0.2, -0.15) is 0 Å². The normalized spacial score (nSPS) is 13.0. The molecule has 0 radical (unpaired) electrons. The fourth-order valence-electron chi connectivity index (χ4n) is 8.06. The van der Waals surface area contributed by atoms with Crippen LogP contribution in [0.15, 0.2) is 152 Å². The van der Waals surface area contributed by atoms with E-state index < -0.39 is 0 Å². The van der Waals surface area contributed by atoms with Gasteiger partial charge in [-0.05, 0) is 100 Å². The predicted molar refractivity (Wildman–Crippen MR) is 202 cm³/mol. The Balaban J connectivity index is 1.22. The molecule has 1 heterocycles. The lowest BCUT2D eigenvalue weighted by Gasteiger charge is -2.21. The first-order valence-corrected chi connectivity index (χ1v) is 16.7. The monoisotopic (exact) mass is 610 g/mol. The fraction of sp³-hybridized carbons (Fsp3) is 0.0435. The van der Waals surface area contributed by atoms with E-state index >= 15 is 0 Å². The summed E-state index contributed by atoms with van der Waals surface area (Å²) in [4.78, 5) is 9.92. The average molecular weight is 611 g/mol. The van der Waals surface area contributed by atoms with Crippen LogP contribution in [-0.2, 0) is 0 Å². The summed E-state index contributed by atoms with van der Waals surface area (Å²) in [7, 11) is 0. The van der Waals surface area contributed by atoms with Crippen molar-refractivity contribution in [1.29, 1.82) is 0 Å². The van der Waals surface area contributed by atoms with E-state index in [9.17, 15) is 0 Å². The highest BCUT2D eigenvalue weighted by Crippen LogP contribution is 2.42. The minimum absolute atomic E-state index is 0.742. The SMILES string of the molecule is C1=c2c(ccc3cc4ccccc4cc23)=C(c2c3ccccc3c(-c3cnc(-c4cccc5ccccc45)nc3)c3ccccc23)CC1. The second-order valence-electron chi connectivity index (χ2n) is 12.8. The number of aromatic nitrogens is 2. The summed E-state index contributed by atoms with van der Waals surface area (Å²) >= 11 is 0. The predicted octanol–water partition coefficient (Wildman–Crippen LogP) is 10.3. The van der Waals surface area contributed by atoms with E-state index in [-0.39, 0.29) is 0 Å². The van der Waals surface area contributed by atoms with Crippen molar-refractivity contribution in [3.8, 4) is 22.5 Å². The molecular weight excluding hydrogens is 581 g/mol. The number of hydrogen-bond acceptors (Lipinski definition) is 2. The number of fused-ring (bicyclic) bond motifs is 7. The van der Waals surface area contributed by atoms with Crippen molar-refractivity contribution in [2.75, 3.05) is 0 Å². The van der Waals surface area contributed by atoms with E-state index in [1.165, 1.54) is 75.6 Å². The highest BCUT2D eigenvalue weighted by molar-refractivity contribution is 6.18. The van der Waals surface area contributed by atoms with Crippen LogP contribution in [0, 0.1) is 0 Å². The van der Waals surface area contributed by atoms with Crippen LogP contribution in [0.2, 0.25) is 0 Å². The first kappa shape index (κ1) is 27.0. The zero-order chi connectivity index (χ0) is 31.6. The standard InChI is InChI=1S/C46H30N2/c1-2-13-31-26-43-32(25-30(31)12-1)23-24-36-35(43)20-10-21-37(36)45-40-18-7-5-16-38(40)44(39-17-6-8-19-41(39)45)33-27-47-46(48-28-33)42-22-9-14-29-11-3-4-15-34(29)42/h1-9,11-20,22-28H,10,21H2. The van der Waals surface area contributed by atoms with Crippen LogP contribution in [0.3, 0.4) is 0 Å². The van der Waals surface area contributed by atoms with E-state index in [0.29, 0.717) is 0 Å². The Kier molecular flexibility index (Phi) is 6.04. The first-order chi connectivity index (χ1) is 23.8. The van der Waals surface area contributed by atoms with E-state index in [1.54, 1.807) is 0 Å². The van der Waals surface area contributed by atoms with Crippen molar-refractivity contribution >= 4 is 65.5 Å². The Morgan fingerprint density at radius 3 is 1.73 bits per heavy atom. The molecule has 0 N–H and O–H groups in total. The Morgan fingerprint density at radius 1 is 0.438 bits per heavy atom. The molecule has 8 aromatic carbocycles. The van der Waals surface area contributed by atoms with Crippen molar-refractivity contribution < 1.29 is 0 Å². The van der Waals surface area contributed by atoms with Crippen LogP contribution in [-0.4, -0.2) is 9.97 Å². The molecule has 0 saturated heterocycles. The average Bonchev–Trinajstić information content (AvgIpc) is 3.16. The van der Waals surface area contributed by atoms with Crippen molar-refractivity contribution in [2.45, 2.75) is 12.8 Å². The summed E-state index contributed by atoms with van der Waals surface area (Å²) in [6.45, 7) is 0. The van der Waals surface area contributed by atoms with Crippen LogP contribution < -0.4 is 10.4 Å². The molecule has 224 valence electrons. The molecule has 9 aromatic rings. The third kappa shape index (κ3) is 4.13. The van der Waals surface area contributed by atoms with Gasteiger partial charge in [0.15, 0.2) is 5.82 Å². The summed E-state index contributed by atoms with van der Waals surface area (Å²) < 4.78 is 0. The molecule has 2 heteroatoms. The van der Waals surface area contributed by atoms with Gasteiger partial charge in [0.2, 0.25) is 0 Å². The van der Waals surface area contributed by atoms with Gasteiger partial charge in [0, 0.05) is 29.1 Å². The molecule has 0 atom stereocenters. The van der Waals surface area contributed by atoms with Crippen molar-refractivity contribution in [3.63, 3.8) is 0 Å². The Morgan fingerprint density at radius 2 is 1.02 bits per heavy atom. The molecule has 10 rings (SSSR count). The number of benzene rings is 8. The second kappa shape index (κ2) is 10.7. The zero-order valence-corrected chi connectivity index (χ0v) is 26.3. The maximum atomic E-state index is 4.96. The molecule has 0 amide bonds. The second-order valence-corrected chi connectivity index (χ2v) is 12.8. The highest BCUT2D eigenvalue weighted by atomic mass is 14.9. The molecule has 0 unspecified atom stereocenters. The third-order valence-electron chi connectivity index (χ3n) is 10.2. The van der Waals surface area contributed by atoms with Gasteiger partial charge in [0.1, 0.15) is 0 Å². The molecule has 0 bridgehead atoms. The van der Waals surface area contributed by atoms with Gasteiger partial charge in [0.05, 0.1) is 0 Å². The topological polar surface area (TPSA) is 25.8 Å². The highest BCUT2D eigenvalue weighted by Gasteiger charge is 2.20. The molecule has 0 fully saturated rings. The quantitative estimate of drug-likeness (QED) is 0.186. The largest absolute Gasteiger partial charge is 0.236 e. The van der Waals surface area contributed by atoms with E-state index in [2.05, 4.69) is 146 Å². The van der Waals surface area contributed by atoms with Crippen LogP contribution >= 0.6 is 0 Å². The lowest BCUT2D eigenvalue weighted by atomic mass is 9.83. The molecular formula is C46H30N2. The Bertz CT molecular complexity index is 2820. The van der Waals surface area contributed by atoms with Gasteiger partial charge in [-0.25, -0.2) is 9.97 Å². The van der Waals surface area contributed by atoms with Crippen LogP contribution in [0.25, 0.3) is 88.0 Å². The van der Waals surface area contributed by atoms with E-state index in [4.69, 9.17) is 9.97 Å². The molecule has 2 nitrogen and oxygen atoms in total. The maximum Gasteiger partial charge on any atom is 0.159 e. The summed E-state index contributed by atoms with van der Waals surface area (Å²) in [5.74, 6) is 0.742. The minimum atomic E-state index is 0.742. The van der Waals surface area contributed by atoms with Gasteiger partial charge in [-0.15, -0.1) is 0 Å². The minimum Gasteiger partial charge on any atom is -0.236 e. The van der Waals surface area contributed by atoms with Gasteiger partial charge >= 0.3 is 0 Å². The van der Waals surface area contributed by atoms with Crippen LogP contribution in [0.1, 0.15) is 18.4 Å². The van der Waals surface area contributed by atoms with Gasteiger partial charge in [0.25, 0.3) is 0 Å². The van der Waals surface area contributed by atoms with Gasteiger partial charge in [-0.3, -0.25) is 0 Å². The van der Waals surface area contributed by atoms with Crippen molar-refractivity contribution in [1.82, 2.24) is 9.97 Å². The summed E-state index contributed by atoms with van der Waals surface area (Å²) in [6, 6.07) is 50.6. The zero-order valence-electron chi connectivity index (χ0n) is 26.3. The molecule has 0 spiro atoms. The van der Waals surface area contributed by atoms with Gasteiger partial charge < -0.3 is 0 Å². The smallest absolute Gasteiger partial charge is 0.159 e.